The molecule has 1 aromatic heterocycles. The Morgan fingerprint density at radius 1 is 1.60 bits per heavy atom. The van der Waals surface area contributed by atoms with Gasteiger partial charge in [-0.25, -0.2) is 0 Å². The average molecular weight is 141 g/mol. The highest BCUT2D eigenvalue weighted by Crippen LogP contribution is 2.16. The molecular formula is C6H11N3O. The van der Waals surface area contributed by atoms with Gasteiger partial charge in [-0.2, -0.15) is 15.4 Å². The third kappa shape index (κ3) is 1.33. The molecule has 0 saturated heterocycles. The minimum atomic E-state index is -0.501. The fourth-order valence-corrected chi connectivity index (χ4v) is 0.694. The van der Waals surface area contributed by atoms with E-state index in [-0.39, 0.29) is 5.92 Å². The Balaban J connectivity index is 2.68. The molecule has 1 rings (SSSR count). The lowest BCUT2D eigenvalue weighted by molar-refractivity contribution is 0.122. The molecule has 10 heavy (non-hydrogen) atoms. The maximum Gasteiger partial charge on any atom is 0.111 e. The Morgan fingerprint density at radius 3 is 2.70 bits per heavy atom. The third-order valence-electron chi connectivity index (χ3n) is 1.37. The molecule has 0 amide bonds. The fraction of sp³-hybridized carbons (Fsp3) is 0.667. The summed E-state index contributed by atoms with van der Waals surface area (Å²) in [5.74, 6) is 0.185. The average Bonchev–Trinajstić information content (AvgIpc) is 2.36. The smallest absolute Gasteiger partial charge is 0.111 e. The van der Waals surface area contributed by atoms with Gasteiger partial charge in [0.15, 0.2) is 0 Å². The van der Waals surface area contributed by atoms with Crippen LogP contribution in [0.5, 0.6) is 0 Å². The molecule has 0 aliphatic carbocycles. The molecule has 4 nitrogen and oxygen atoms in total. The van der Waals surface area contributed by atoms with E-state index >= 15 is 0 Å². The number of aliphatic hydroxyl groups excluding tert-OH is 1. The molecule has 56 valence electrons. The van der Waals surface area contributed by atoms with Crippen LogP contribution in [-0.2, 0) is 0 Å². The van der Waals surface area contributed by atoms with Crippen molar-refractivity contribution in [1.82, 2.24) is 15.4 Å². The lowest BCUT2D eigenvalue weighted by atomic mass is 10.1. The van der Waals surface area contributed by atoms with E-state index in [2.05, 4.69) is 15.4 Å². The Labute approximate surface area is 59.3 Å². The van der Waals surface area contributed by atoms with Crippen molar-refractivity contribution >= 4 is 0 Å². The summed E-state index contributed by atoms with van der Waals surface area (Å²) in [6.07, 6.45) is 1.03. The number of nitrogens with zero attached hydrogens (tertiary/aromatic N) is 2. The molecular weight excluding hydrogens is 130 g/mol. The van der Waals surface area contributed by atoms with E-state index < -0.39 is 6.10 Å². The monoisotopic (exact) mass is 141 g/mol. The highest BCUT2D eigenvalue weighted by atomic mass is 16.3. The molecule has 0 aliphatic rings. The number of hydrogen-bond donors (Lipinski definition) is 2. The first-order chi connectivity index (χ1) is 4.72. The van der Waals surface area contributed by atoms with Crippen LogP contribution in [0.25, 0.3) is 0 Å². The van der Waals surface area contributed by atoms with Crippen molar-refractivity contribution in [2.24, 2.45) is 5.92 Å². The largest absolute Gasteiger partial charge is 0.386 e. The fourth-order valence-electron chi connectivity index (χ4n) is 0.694. The van der Waals surface area contributed by atoms with E-state index in [9.17, 15) is 5.11 Å². The van der Waals surface area contributed by atoms with Crippen molar-refractivity contribution in [2.75, 3.05) is 0 Å². The predicted molar refractivity (Wildman–Crippen MR) is 36.2 cm³/mol. The summed E-state index contributed by atoms with van der Waals surface area (Å²) >= 11 is 0. The second-order valence-corrected chi connectivity index (χ2v) is 2.58. The van der Waals surface area contributed by atoms with Crippen LogP contribution < -0.4 is 0 Å². The van der Waals surface area contributed by atoms with Crippen molar-refractivity contribution in [2.45, 2.75) is 20.0 Å². The van der Waals surface area contributed by atoms with E-state index in [1.807, 2.05) is 13.8 Å². The lowest BCUT2D eigenvalue weighted by Gasteiger charge is -2.09. The van der Waals surface area contributed by atoms with E-state index in [1.165, 1.54) is 6.20 Å². The number of hydrogen-bond acceptors (Lipinski definition) is 3. The van der Waals surface area contributed by atoms with Crippen molar-refractivity contribution in [3.63, 3.8) is 0 Å². The number of aromatic nitrogens is 3. The summed E-state index contributed by atoms with van der Waals surface area (Å²) in [6, 6.07) is 0. The van der Waals surface area contributed by atoms with Crippen LogP contribution >= 0.6 is 0 Å². The minimum absolute atomic E-state index is 0.185. The zero-order chi connectivity index (χ0) is 7.56. The molecule has 0 radical (unpaired) electrons. The molecule has 0 saturated carbocycles. The van der Waals surface area contributed by atoms with Gasteiger partial charge in [0, 0.05) is 0 Å². The van der Waals surface area contributed by atoms with Crippen molar-refractivity contribution in [3.8, 4) is 0 Å². The molecule has 0 bridgehead atoms. The second-order valence-electron chi connectivity index (χ2n) is 2.58. The lowest BCUT2D eigenvalue weighted by Crippen LogP contribution is -2.05. The summed E-state index contributed by atoms with van der Waals surface area (Å²) in [7, 11) is 0. The molecule has 1 unspecified atom stereocenters. The van der Waals surface area contributed by atoms with Crippen molar-refractivity contribution < 1.29 is 5.11 Å². The van der Waals surface area contributed by atoms with Gasteiger partial charge in [0.2, 0.25) is 0 Å². The summed E-state index contributed by atoms with van der Waals surface area (Å²) < 4.78 is 0. The zero-order valence-corrected chi connectivity index (χ0v) is 6.07. The van der Waals surface area contributed by atoms with Crippen LogP contribution in [-0.4, -0.2) is 20.5 Å². The summed E-state index contributed by atoms with van der Waals surface area (Å²) in [6.45, 7) is 3.86. The molecule has 1 heterocycles. The molecule has 0 aromatic carbocycles. The molecule has 1 atom stereocenters. The quantitative estimate of drug-likeness (QED) is 0.630. The van der Waals surface area contributed by atoms with Crippen LogP contribution in [0.15, 0.2) is 6.20 Å². The van der Waals surface area contributed by atoms with Gasteiger partial charge in [-0.15, -0.1) is 0 Å². The highest BCUT2D eigenvalue weighted by molar-refractivity contribution is 4.96. The van der Waals surface area contributed by atoms with Crippen LogP contribution in [0.1, 0.15) is 25.6 Å². The normalized spacial score (nSPS) is 14.0. The molecule has 0 fully saturated rings. The number of rotatable bonds is 2. The van der Waals surface area contributed by atoms with Crippen LogP contribution in [0.4, 0.5) is 0 Å². The van der Waals surface area contributed by atoms with E-state index in [0.29, 0.717) is 5.69 Å². The summed E-state index contributed by atoms with van der Waals surface area (Å²) in [4.78, 5) is 0. The summed E-state index contributed by atoms with van der Waals surface area (Å²) in [5.41, 5.74) is 0.606. The topological polar surface area (TPSA) is 61.8 Å². The Hall–Kier alpha value is -0.900. The SMILES string of the molecule is CC(C)C(O)c1cn[nH]n1. The Bertz CT molecular complexity index is 183. The van der Waals surface area contributed by atoms with Crippen LogP contribution in [0.3, 0.4) is 0 Å². The maximum absolute atomic E-state index is 9.36. The zero-order valence-electron chi connectivity index (χ0n) is 6.07. The first-order valence-electron chi connectivity index (χ1n) is 3.25. The van der Waals surface area contributed by atoms with Gasteiger partial charge in [0.25, 0.3) is 0 Å². The van der Waals surface area contributed by atoms with Gasteiger partial charge < -0.3 is 5.11 Å². The maximum atomic E-state index is 9.36. The number of aromatic amines is 1. The molecule has 2 N–H and O–H groups in total. The van der Waals surface area contributed by atoms with Crippen LogP contribution in [0, 0.1) is 5.92 Å². The Morgan fingerprint density at radius 2 is 2.30 bits per heavy atom. The number of nitrogens with one attached hydrogen (secondary N) is 1. The van der Waals surface area contributed by atoms with Crippen molar-refractivity contribution in [3.05, 3.63) is 11.9 Å². The van der Waals surface area contributed by atoms with Crippen molar-refractivity contribution in [1.29, 1.82) is 0 Å². The first kappa shape index (κ1) is 7.21. The summed E-state index contributed by atoms with van der Waals surface area (Å²) in [5, 5.41) is 19.2. The van der Waals surface area contributed by atoms with Gasteiger partial charge in [0.05, 0.1) is 6.20 Å². The van der Waals surface area contributed by atoms with Crippen LogP contribution in [0.2, 0.25) is 0 Å². The van der Waals surface area contributed by atoms with E-state index in [4.69, 9.17) is 0 Å². The number of aliphatic hydroxyl groups is 1. The molecule has 0 aliphatic heterocycles. The third-order valence-corrected chi connectivity index (χ3v) is 1.37. The van der Waals surface area contributed by atoms with E-state index in [1.54, 1.807) is 0 Å². The number of H-pyrrole nitrogens is 1. The molecule has 0 spiro atoms. The van der Waals surface area contributed by atoms with E-state index in [0.717, 1.165) is 0 Å². The second kappa shape index (κ2) is 2.79. The van der Waals surface area contributed by atoms with Gasteiger partial charge in [0.1, 0.15) is 11.8 Å². The first-order valence-corrected chi connectivity index (χ1v) is 3.25. The highest BCUT2D eigenvalue weighted by Gasteiger charge is 2.13. The van der Waals surface area contributed by atoms with Gasteiger partial charge in [-0.3, -0.25) is 0 Å². The van der Waals surface area contributed by atoms with Gasteiger partial charge in [-0.05, 0) is 5.92 Å². The minimum Gasteiger partial charge on any atom is -0.386 e. The molecule has 1 aromatic rings. The van der Waals surface area contributed by atoms with Gasteiger partial charge >= 0.3 is 0 Å². The standard InChI is InChI=1S/C6H11N3O/c1-4(2)6(10)5-3-7-9-8-5/h3-4,6,10H,1-2H3,(H,7,8,9). The van der Waals surface area contributed by atoms with Gasteiger partial charge in [-0.1, -0.05) is 13.8 Å². The Kier molecular flexibility index (Phi) is 2.01. The molecule has 4 heteroatoms. The predicted octanol–water partition coefficient (Wildman–Crippen LogP) is 0.494.